The van der Waals surface area contributed by atoms with Crippen LogP contribution in [-0.2, 0) is 30.5 Å². The van der Waals surface area contributed by atoms with Gasteiger partial charge in [-0.2, -0.15) is 18.3 Å². The summed E-state index contributed by atoms with van der Waals surface area (Å²) in [6, 6.07) is 19.0. The van der Waals surface area contributed by atoms with Crippen LogP contribution in [0.25, 0.3) is 11.3 Å². The molecule has 4 aromatic rings. The van der Waals surface area contributed by atoms with Crippen LogP contribution in [0.5, 0.6) is 0 Å². The molecule has 1 atom stereocenters. The van der Waals surface area contributed by atoms with E-state index in [9.17, 15) is 23.1 Å². The van der Waals surface area contributed by atoms with Crippen molar-refractivity contribution < 1.29 is 23.1 Å². The molecule has 7 nitrogen and oxygen atoms in total. The zero-order valence-electron chi connectivity index (χ0n) is 18.9. The number of hydrogen-bond donors (Lipinski definition) is 2. The van der Waals surface area contributed by atoms with Crippen molar-refractivity contribution in [3.8, 4) is 11.3 Å². The molecule has 0 bridgehead atoms. The highest BCUT2D eigenvalue weighted by Gasteiger charge is 2.58. The van der Waals surface area contributed by atoms with Gasteiger partial charge in [0.05, 0.1) is 18.7 Å². The second-order valence-corrected chi connectivity index (χ2v) is 8.23. The van der Waals surface area contributed by atoms with E-state index in [4.69, 9.17) is 0 Å². The number of halogens is 3. The Morgan fingerprint density at radius 2 is 1.71 bits per heavy atom. The second-order valence-electron chi connectivity index (χ2n) is 8.23. The van der Waals surface area contributed by atoms with Crippen LogP contribution >= 0.6 is 0 Å². The van der Waals surface area contributed by atoms with Gasteiger partial charge in [0.25, 0.3) is 0 Å². The van der Waals surface area contributed by atoms with Crippen molar-refractivity contribution in [3.05, 3.63) is 96.2 Å². The Kier molecular flexibility index (Phi) is 6.74. The molecule has 4 rings (SSSR count). The maximum absolute atomic E-state index is 13.8. The van der Waals surface area contributed by atoms with E-state index < -0.39 is 29.9 Å². The number of carbonyl (C=O) groups excluding carboxylic acids is 1. The number of aromatic nitrogens is 4. The summed E-state index contributed by atoms with van der Waals surface area (Å²) in [5, 5.41) is 17.6. The molecule has 2 N–H and O–H groups in total. The molecule has 0 saturated heterocycles. The lowest BCUT2D eigenvalue weighted by atomic mass is 9.97. The first-order chi connectivity index (χ1) is 16.7. The molecular formula is C25H24F3N5O2. The van der Waals surface area contributed by atoms with E-state index in [1.807, 2.05) is 60.7 Å². The lowest BCUT2D eigenvalue weighted by Gasteiger charge is -2.29. The van der Waals surface area contributed by atoms with Crippen LogP contribution in [0.1, 0.15) is 23.4 Å². The molecule has 1 amide bonds. The van der Waals surface area contributed by atoms with Crippen molar-refractivity contribution in [2.75, 3.05) is 0 Å². The van der Waals surface area contributed by atoms with Gasteiger partial charge in [0.2, 0.25) is 11.5 Å². The fourth-order valence-electron chi connectivity index (χ4n) is 3.84. The molecule has 2 heterocycles. The standard InChI is InChI=1S/C25H24F3N5O2/c1-32-13-12-29-23(32)24(35,25(26,27)28)14-21(34)30-15-20-17-33(16-18-8-4-2-5-9-18)31-22(20)19-10-6-3-7-11-19/h2-13,17,35H,14-16H2,1H3,(H,30,34). The van der Waals surface area contributed by atoms with Gasteiger partial charge in [-0.25, -0.2) is 4.98 Å². The second kappa shape index (κ2) is 9.75. The minimum absolute atomic E-state index is 0.0631. The third kappa shape index (κ3) is 5.27. The lowest BCUT2D eigenvalue weighted by molar-refractivity contribution is -0.271. The van der Waals surface area contributed by atoms with Crippen LogP contribution < -0.4 is 5.32 Å². The number of aryl methyl sites for hydroxylation is 1. The zero-order valence-corrected chi connectivity index (χ0v) is 18.9. The molecule has 182 valence electrons. The highest BCUT2D eigenvalue weighted by atomic mass is 19.4. The average Bonchev–Trinajstić information content (AvgIpc) is 3.44. The van der Waals surface area contributed by atoms with Crippen LogP contribution in [0.15, 0.2) is 79.3 Å². The molecule has 2 aromatic carbocycles. The van der Waals surface area contributed by atoms with Gasteiger partial charge in [-0.05, 0) is 5.56 Å². The number of imidazole rings is 1. The first-order valence-corrected chi connectivity index (χ1v) is 10.9. The van der Waals surface area contributed by atoms with Crippen LogP contribution in [0, 0.1) is 0 Å². The summed E-state index contributed by atoms with van der Waals surface area (Å²) in [7, 11) is 1.32. The molecule has 0 aliphatic rings. The van der Waals surface area contributed by atoms with Crippen LogP contribution in [0.4, 0.5) is 13.2 Å². The van der Waals surface area contributed by atoms with Crippen molar-refractivity contribution >= 4 is 5.91 Å². The number of hydrogen-bond acceptors (Lipinski definition) is 4. The number of rotatable bonds is 8. The van der Waals surface area contributed by atoms with Gasteiger partial charge in [-0.3, -0.25) is 9.48 Å². The zero-order chi connectivity index (χ0) is 25.1. The van der Waals surface area contributed by atoms with Crippen molar-refractivity contribution in [1.82, 2.24) is 24.6 Å². The highest BCUT2D eigenvalue weighted by molar-refractivity contribution is 5.77. The fourth-order valence-corrected chi connectivity index (χ4v) is 3.84. The molecule has 0 radical (unpaired) electrons. The molecule has 0 aliphatic heterocycles. The van der Waals surface area contributed by atoms with E-state index in [-0.39, 0.29) is 6.54 Å². The van der Waals surface area contributed by atoms with Crippen LogP contribution in [0.2, 0.25) is 0 Å². The molecule has 0 saturated carbocycles. The third-order valence-corrected chi connectivity index (χ3v) is 5.62. The number of carbonyl (C=O) groups is 1. The minimum Gasteiger partial charge on any atom is -0.374 e. The van der Waals surface area contributed by atoms with Gasteiger partial charge in [-0.15, -0.1) is 0 Å². The summed E-state index contributed by atoms with van der Waals surface area (Å²) in [5.41, 5.74) is -0.348. The smallest absolute Gasteiger partial charge is 0.374 e. The number of amides is 1. The van der Waals surface area contributed by atoms with Gasteiger partial charge in [0.1, 0.15) is 0 Å². The average molecular weight is 483 g/mol. The van der Waals surface area contributed by atoms with Gasteiger partial charge in [0.15, 0.2) is 5.82 Å². The molecular weight excluding hydrogens is 459 g/mol. The molecule has 35 heavy (non-hydrogen) atoms. The Balaban J connectivity index is 1.55. The van der Waals surface area contributed by atoms with Crippen molar-refractivity contribution in [2.24, 2.45) is 7.05 Å². The highest BCUT2D eigenvalue weighted by Crippen LogP contribution is 2.40. The quantitative estimate of drug-likeness (QED) is 0.400. The van der Waals surface area contributed by atoms with Gasteiger partial charge < -0.3 is 15.0 Å². The van der Waals surface area contributed by atoms with Gasteiger partial charge >= 0.3 is 6.18 Å². The van der Waals surface area contributed by atoms with Crippen LogP contribution in [-0.4, -0.2) is 36.5 Å². The summed E-state index contributed by atoms with van der Waals surface area (Å²) in [5.74, 6) is -1.62. The predicted molar refractivity (Wildman–Crippen MR) is 123 cm³/mol. The number of aliphatic hydroxyl groups is 1. The Hall–Kier alpha value is -3.92. The monoisotopic (exact) mass is 483 g/mol. The van der Waals surface area contributed by atoms with E-state index in [0.717, 1.165) is 21.9 Å². The SMILES string of the molecule is Cn1ccnc1C(O)(CC(=O)NCc1cn(Cc2ccccc2)nc1-c1ccccc1)C(F)(F)F. The Labute approximate surface area is 199 Å². The number of nitrogens with zero attached hydrogens (tertiary/aromatic N) is 4. The van der Waals surface area contributed by atoms with Crippen molar-refractivity contribution in [2.45, 2.75) is 31.3 Å². The lowest BCUT2D eigenvalue weighted by Crippen LogP contribution is -2.47. The predicted octanol–water partition coefficient (Wildman–Crippen LogP) is 3.79. The van der Waals surface area contributed by atoms with E-state index in [1.165, 1.54) is 13.2 Å². The number of alkyl halides is 3. The summed E-state index contributed by atoms with van der Waals surface area (Å²) >= 11 is 0. The molecule has 0 spiro atoms. The summed E-state index contributed by atoms with van der Waals surface area (Å²) in [6.07, 6.45) is -2.15. The van der Waals surface area contributed by atoms with E-state index in [0.29, 0.717) is 17.8 Å². The third-order valence-electron chi connectivity index (χ3n) is 5.62. The summed E-state index contributed by atoms with van der Waals surface area (Å²) in [6.45, 7) is 0.425. The number of nitrogens with one attached hydrogen (secondary N) is 1. The molecule has 10 heteroatoms. The largest absolute Gasteiger partial charge is 0.425 e. The normalized spacial score (nSPS) is 13.4. The van der Waals surface area contributed by atoms with E-state index in [1.54, 1.807) is 10.9 Å². The molecule has 2 aromatic heterocycles. The number of benzene rings is 2. The maximum atomic E-state index is 13.8. The Bertz CT molecular complexity index is 1290. The molecule has 0 aliphatic carbocycles. The maximum Gasteiger partial charge on any atom is 0.425 e. The summed E-state index contributed by atoms with van der Waals surface area (Å²) < 4.78 is 44.1. The fraction of sp³-hybridized carbons (Fsp3) is 0.240. The van der Waals surface area contributed by atoms with Gasteiger partial charge in [-0.1, -0.05) is 60.7 Å². The Morgan fingerprint density at radius 1 is 1.06 bits per heavy atom. The van der Waals surface area contributed by atoms with Crippen molar-refractivity contribution in [3.63, 3.8) is 0 Å². The van der Waals surface area contributed by atoms with Crippen molar-refractivity contribution in [1.29, 1.82) is 0 Å². The first kappa shape index (κ1) is 24.2. The minimum atomic E-state index is -5.10. The first-order valence-electron chi connectivity index (χ1n) is 10.9. The Morgan fingerprint density at radius 3 is 2.31 bits per heavy atom. The summed E-state index contributed by atoms with van der Waals surface area (Å²) in [4.78, 5) is 16.2. The van der Waals surface area contributed by atoms with E-state index in [2.05, 4.69) is 15.4 Å². The molecule has 1 unspecified atom stereocenters. The van der Waals surface area contributed by atoms with E-state index >= 15 is 0 Å². The topological polar surface area (TPSA) is 85.0 Å². The van der Waals surface area contributed by atoms with Crippen LogP contribution in [0.3, 0.4) is 0 Å². The van der Waals surface area contributed by atoms with Gasteiger partial charge in [0, 0.05) is 43.3 Å². The molecule has 0 fully saturated rings.